The molecular weight excluding hydrogens is 198 g/mol. The van der Waals surface area contributed by atoms with E-state index in [4.69, 9.17) is 5.73 Å². The minimum Gasteiger partial charge on any atom is -0.324 e. The number of piperazine rings is 1. The first-order valence-corrected chi connectivity index (χ1v) is 6.59. The van der Waals surface area contributed by atoms with Gasteiger partial charge in [0.2, 0.25) is 0 Å². The van der Waals surface area contributed by atoms with E-state index >= 15 is 0 Å². The van der Waals surface area contributed by atoms with Crippen molar-refractivity contribution < 1.29 is 0 Å². The highest BCUT2D eigenvalue weighted by Crippen LogP contribution is 2.19. The van der Waals surface area contributed by atoms with Crippen LogP contribution in [0.3, 0.4) is 0 Å². The zero-order chi connectivity index (χ0) is 11.5. The van der Waals surface area contributed by atoms with Gasteiger partial charge in [0.05, 0.1) is 0 Å². The summed E-state index contributed by atoms with van der Waals surface area (Å²) < 4.78 is 0. The van der Waals surface area contributed by atoms with Crippen LogP contribution in [0.15, 0.2) is 12.2 Å². The van der Waals surface area contributed by atoms with Gasteiger partial charge in [0.25, 0.3) is 0 Å². The Morgan fingerprint density at radius 1 is 1.31 bits per heavy atom. The highest BCUT2D eigenvalue weighted by atomic mass is 15.3. The standard InChI is InChI=1S/C13H25N3/c1-3-16-7-6-15(9-11(16)2)10-12-4-5-13(14)8-12/h4-5,11-13H,3,6-10,14H2,1-2H3. The van der Waals surface area contributed by atoms with E-state index in [1.54, 1.807) is 0 Å². The Morgan fingerprint density at radius 3 is 2.69 bits per heavy atom. The molecule has 16 heavy (non-hydrogen) atoms. The summed E-state index contributed by atoms with van der Waals surface area (Å²) in [5, 5.41) is 0. The first kappa shape index (κ1) is 12.1. The van der Waals surface area contributed by atoms with E-state index in [9.17, 15) is 0 Å². The number of hydrogen-bond donors (Lipinski definition) is 1. The fourth-order valence-electron chi connectivity index (χ4n) is 2.98. The minimum atomic E-state index is 0.305. The van der Waals surface area contributed by atoms with Gasteiger partial charge in [-0.05, 0) is 25.8 Å². The molecule has 0 aromatic heterocycles. The molecule has 1 aliphatic carbocycles. The Labute approximate surface area is 99.3 Å². The quantitative estimate of drug-likeness (QED) is 0.722. The van der Waals surface area contributed by atoms with Crippen LogP contribution in [-0.2, 0) is 0 Å². The van der Waals surface area contributed by atoms with Crippen molar-refractivity contribution in [1.29, 1.82) is 0 Å². The first-order valence-electron chi connectivity index (χ1n) is 6.59. The topological polar surface area (TPSA) is 32.5 Å². The van der Waals surface area contributed by atoms with Crippen LogP contribution in [-0.4, -0.2) is 54.6 Å². The van der Waals surface area contributed by atoms with Gasteiger partial charge in [-0.15, -0.1) is 0 Å². The van der Waals surface area contributed by atoms with E-state index in [0.29, 0.717) is 18.0 Å². The molecule has 1 saturated heterocycles. The number of rotatable bonds is 3. The molecular formula is C13H25N3. The summed E-state index contributed by atoms with van der Waals surface area (Å²) in [5.41, 5.74) is 5.89. The molecule has 0 spiro atoms. The van der Waals surface area contributed by atoms with Gasteiger partial charge in [-0.1, -0.05) is 19.1 Å². The molecule has 2 N–H and O–H groups in total. The monoisotopic (exact) mass is 223 g/mol. The molecule has 1 heterocycles. The lowest BCUT2D eigenvalue weighted by Crippen LogP contribution is -2.52. The second kappa shape index (κ2) is 5.30. The lowest BCUT2D eigenvalue weighted by atomic mass is 10.1. The molecule has 3 nitrogen and oxygen atoms in total. The molecule has 0 amide bonds. The molecule has 92 valence electrons. The predicted octanol–water partition coefficient (Wildman–Crippen LogP) is 0.916. The van der Waals surface area contributed by atoms with E-state index in [0.717, 1.165) is 6.42 Å². The van der Waals surface area contributed by atoms with Crippen LogP contribution in [0.2, 0.25) is 0 Å². The lowest BCUT2D eigenvalue weighted by Gasteiger charge is -2.40. The number of hydrogen-bond acceptors (Lipinski definition) is 3. The van der Waals surface area contributed by atoms with Gasteiger partial charge in [-0.3, -0.25) is 9.80 Å². The maximum Gasteiger partial charge on any atom is 0.0229 e. The van der Waals surface area contributed by atoms with Crippen LogP contribution in [0.25, 0.3) is 0 Å². The molecule has 3 unspecified atom stereocenters. The van der Waals surface area contributed by atoms with Crippen molar-refractivity contribution in [2.75, 3.05) is 32.7 Å². The zero-order valence-electron chi connectivity index (χ0n) is 10.6. The van der Waals surface area contributed by atoms with Gasteiger partial charge in [-0.2, -0.15) is 0 Å². The van der Waals surface area contributed by atoms with Crippen molar-refractivity contribution in [1.82, 2.24) is 9.80 Å². The fraction of sp³-hybridized carbons (Fsp3) is 0.846. The van der Waals surface area contributed by atoms with Crippen LogP contribution < -0.4 is 5.73 Å². The Morgan fingerprint density at radius 2 is 2.12 bits per heavy atom. The highest BCUT2D eigenvalue weighted by Gasteiger charge is 2.25. The van der Waals surface area contributed by atoms with Gasteiger partial charge in [0.1, 0.15) is 0 Å². The van der Waals surface area contributed by atoms with E-state index in [1.165, 1.54) is 32.7 Å². The number of nitrogens with two attached hydrogens (primary N) is 1. The Hall–Kier alpha value is -0.380. The van der Waals surface area contributed by atoms with Gasteiger partial charge in [0, 0.05) is 38.3 Å². The van der Waals surface area contributed by atoms with E-state index in [2.05, 4.69) is 35.8 Å². The largest absolute Gasteiger partial charge is 0.324 e. The Bertz CT molecular complexity index is 252. The average Bonchev–Trinajstić information content (AvgIpc) is 2.64. The minimum absolute atomic E-state index is 0.305. The van der Waals surface area contributed by atoms with Crippen molar-refractivity contribution >= 4 is 0 Å². The van der Waals surface area contributed by atoms with Crippen molar-refractivity contribution in [3.05, 3.63) is 12.2 Å². The molecule has 2 rings (SSSR count). The van der Waals surface area contributed by atoms with Gasteiger partial charge < -0.3 is 5.73 Å². The van der Waals surface area contributed by atoms with Crippen molar-refractivity contribution in [2.45, 2.75) is 32.4 Å². The highest BCUT2D eigenvalue weighted by molar-refractivity contribution is 5.05. The summed E-state index contributed by atoms with van der Waals surface area (Å²) in [6.45, 7) is 10.6. The predicted molar refractivity (Wildman–Crippen MR) is 68.4 cm³/mol. The molecule has 3 atom stereocenters. The molecule has 0 aromatic carbocycles. The summed E-state index contributed by atoms with van der Waals surface area (Å²) in [6, 6.07) is 1.01. The normalized spacial score (nSPS) is 37.1. The van der Waals surface area contributed by atoms with Gasteiger partial charge in [-0.25, -0.2) is 0 Å². The third-order valence-corrected chi connectivity index (χ3v) is 3.95. The molecule has 1 fully saturated rings. The van der Waals surface area contributed by atoms with Crippen molar-refractivity contribution in [3.8, 4) is 0 Å². The Kier molecular flexibility index (Phi) is 4.00. The van der Waals surface area contributed by atoms with Gasteiger partial charge in [0.15, 0.2) is 0 Å². The SMILES string of the molecule is CCN1CCN(CC2C=CC(N)C2)CC1C. The fourth-order valence-corrected chi connectivity index (χ4v) is 2.98. The van der Waals surface area contributed by atoms with E-state index in [1.807, 2.05) is 0 Å². The first-order chi connectivity index (χ1) is 7.69. The third-order valence-electron chi connectivity index (χ3n) is 3.95. The smallest absolute Gasteiger partial charge is 0.0229 e. The Balaban J connectivity index is 1.78. The van der Waals surface area contributed by atoms with Crippen LogP contribution in [0.1, 0.15) is 20.3 Å². The van der Waals surface area contributed by atoms with Gasteiger partial charge >= 0.3 is 0 Å². The maximum atomic E-state index is 5.89. The molecule has 0 radical (unpaired) electrons. The van der Waals surface area contributed by atoms with Crippen molar-refractivity contribution in [3.63, 3.8) is 0 Å². The molecule has 0 aromatic rings. The number of nitrogens with zero attached hydrogens (tertiary/aromatic N) is 2. The molecule has 0 saturated carbocycles. The third kappa shape index (κ3) is 2.84. The molecule has 3 heteroatoms. The van der Waals surface area contributed by atoms with Crippen molar-refractivity contribution in [2.24, 2.45) is 11.7 Å². The molecule has 0 bridgehead atoms. The second-order valence-electron chi connectivity index (χ2n) is 5.28. The van der Waals surface area contributed by atoms with Crippen LogP contribution in [0, 0.1) is 5.92 Å². The average molecular weight is 223 g/mol. The zero-order valence-corrected chi connectivity index (χ0v) is 10.6. The maximum absolute atomic E-state index is 5.89. The summed E-state index contributed by atoms with van der Waals surface area (Å²) >= 11 is 0. The van der Waals surface area contributed by atoms with Crippen LogP contribution >= 0.6 is 0 Å². The number of likely N-dealkylation sites (N-methyl/N-ethyl adjacent to an activating group) is 1. The van der Waals surface area contributed by atoms with Crippen LogP contribution in [0.4, 0.5) is 0 Å². The summed E-state index contributed by atoms with van der Waals surface area (Å²) in [7, 11) is 0. The second-order valence-corrected chi connectivity index (χ2v) is 5.28. The lowest BCUT2D eigenvalue weighted by molar-refractivity contribution is 0.0811. The van der Waals surface area contributed by atoms with Crippen LogP contribution in [0.5, 0.6) is 0 Å². The summed E-state index contributed by atoms with van der Waals surface area (Å²) in [6.07, 6.45) is 5.61. The molecule has 2 aliphatic rings. The summed E-state index contributed by atoms with van der Waals surface area (Å²) in [5.74, 6) is 0.690. The molecule has 1 aliphatic heterocycles. The van der Waals surface area contributed by atoms with E-state index in [-0.39, 0.29) is 0 Å². The summed E-state index contributed by atoms with van der Waals surface area (Å²) in [4.78, 5) is 5.16. The van der Waals surface area contributed by atoms with E-state index < -0.39 is 0 Å².